The Bertz CT molecular complexity index is 1520. The van der Waals surface area contributed by atoms with Crippen LogP contribution in [-0.2, 0) is 6.18 Å². The van der Waals surface area contributed by atoms with Crippen molar-refractivity contribution in [2.24, 2.45) is 0 Å². The summed E-state index contributed by atoms with van der Waals surface area (Å²) in [6, 6.07) is 14.3. The zero-order valence-corrected chi connectivity index (χ0v) is 22.0. The number of aromatic nitrogens is 2. The molecule has 0 spiro atoms. The van der Waals surface area contributed by atoms with Crippen LogP contribution in [0.25, 0.3) is 22.0 Å². The summed E-state index contributed by atoms with van der Waals surface area (Å²) in [5, 5.41) is 6.26. The number of carbonyl (C=O) groups is 1. The molecule has 202 valence electrons. The molecule has 0 atom stereocenters. The molecule has 39 heavy (non-hydrogen) atoms. The first kappa shape index (κ1) is 26.9. The van der Waals surface area contributed by atoms with Crippen molar-refractivity contribution in [2.45, 2.75) is 25.9 Å². The Balaban J connectivity index is 1.32. The van der Waals surface area contributed by atoms with Gasteiger partial charge in [0.15, 0.2) is 0 Å². The van der Waals surface area contributed by atoms with Crippen LogP contribution >= 0.6 is 11.6 Å². The third-order valence-electron chi connectivity index (χ3n) is 6.83. The van der Waals surface area contributed by atoms with Crippen LogP contribution in [0.4, 0.5) is 24.8 Å². The first-order valence-corrected chi connectivity index (χ1v) is 13.1. The molecule has 2 N–H and O–H groups in total. The van der Waals surface area contributed by atoms with Crippen LogP contribution in [0.5, 0.6) is 0 Å². The van der Waals surface area contributed by atoms with Crippen molar-refractivity contribution in [3.63, 3.8) is 0 Å². The topological polar surface area (TPSA) is 70.2 Å². The van der Waals surface area contributed by atoms with Crippen LogP contribution in [0.3, 0.4) is 0 Å². The lowest BCUT2D eigenvalue weighted by Crippen LogP contribution is -2.26. The third-order valence-corrected chi connectivity index (χ3v) is 7.16. The first-order chi connectivity index (χ1) is 18.7. The van der Waals surface area contributed by atoms with Crippen molar-refractivity contribution in [1.82, 2.24) is 14.9 Å². The highest BCUT2D eigenvalue weighted by Crippen LogP contribution is 2.36. The van der Waals surface area contributed by atoms with Gasteiger partial charge < -0.3 is 15.5 Å². The van der Waals surface area contributed by atoms with E-state index in [1.165, 1.54) is 18.9 Å². The predicted octanol–water partition coefficient (Wildman–Crippen LogP) is 7.04. The van der Waals surface area contributed by atoms with E-state index in [4.69, 9.17) is 11.6 Å². The number of nitrogens with zero attached hydrogens (tertiary/aromatic N) is 3. The molecule has 4 aromatic rings. The molecule has 6 nitrogen and oxygen atoms in total. The van der Waals surface area contributed by atoms with Gasteiger partial charge in [-0.25, -0.2) is 9.97 Å². The number of alkyl halides is 3. The van der Waals surface area contributed by atoms with Crippen LogP contribution in [0.1, 0.15) is 34.3 Å². The summed E-state index contributed by atoms with van der Waals surface area (Å²) in [5.41, 5.74) is 2.75. The molecule has 1 saturated heterocycles. The van der Waals surface area contributed by atoms with Crippen LogP contribution in [0.15, 0.2) is 60.8 Å². The molecule has 1 fully saturated rings. The second kappa shape index (κ2) is 11.2. The summed E-state index contributed by atoms with van der Waals surface area (Å²) in [5.74, 6) is 0.0561. The first-order valence-electron chi connectivity index (χ1n) is 12.7. The molecule has 1 amide bonds. The Morgan fingerprint density at radius 1 is 1.05 bits per heavy atom. The van der Waals surface area contributed by atoms with E-state index in [-0.39, 0.29) is 5.69 Å². The average molecular weight is 554 g/mol. The fourth-order valence-electron chi connectivity index (χ4n) is 4.72. The van der Waals surface area contributed by atoms with Gasteiger partial charge in [-0.1, -0.05) is 23.7 Å². The Morgan fingerprint density at radius 3 is 2.62 bits per heavy atom. The van der Waals surface area contributed by atoms with Gasteiger partial charge in [-0.15, -0.1) is 0 Å². The molecular weight excluding hydrogens is 527 g/mol. The van der Waals surface area contributed by atoms with Gasteiger partial charge in [-0.3, -0.25) is 4.79 Å². The molecule has 0 saturated carbocycles. The zero-order valence-electron chi connectivity index (χ0n) is 21.3. The van der Waals surface area contributed by atoms with Crippen molar-refractivity contribution < 1.29 is 18.0 Å². The molecule has 0 bridgehead atoms. The number of likely N-dealkylation sites (tertiary alicyclic amines) is 1. The molecule has 1 aliphatic heterocycles. The summed E-state index contributed by atoms with van der Waals surface area (Å²) >= 11 is 5.69. The summed E-state index contributed by atoms with van der Waals surface area (Å²) in [6.07, 6.45) is -0.340. The van der Waals surface area contributed by atoms with Gasteiger partial charge in [-0.05, 0) is 92.0 Å². The summed E-state index contributed by atoms with van der Waals surface area (Å²) in [7, 11) is 0. The van der Waals surface area contributed by atoms with Gasteiger partial charge in [0, 0.05) is 35.9 Å². The molecule has 1 aliphatic rings. The minimum atomic E-state index is -4.63. The van der Waals surface area contributed by atoms with Gasteiger partial charge in [0.1, 0.15) is 0 Å². The van der Waals surface area contributed by atoms with Crippen LogP contribution in [0.2, 0.25) is 5.02 Å². The van der Waals surface area contributed by atoms with Crippen molar-refractivity contribution in [3.05, 3.63) is 82.5 Å². The number of benzene rings is 3. The van der Waals surface area contributed by atoms with Gasteiger partial charge in [0.05, 0.1) is 16.1 Å². The largest absolute Gasteiger partial charge is 0.417 e. The molecule has 10 heteroatoms. The van der Waals surface area contributed by atoms with E-state index in [0.717, 1.165) is 65.9 Å². The standard InChI is InChI=1S/C29H27ClF3N5O/c1-18-4-5-20(27(39)36-22-7-8-25(30)24(16-22)29(31,32)33)15-23(18)19-6-9-26-21(14-19)17-35-28(37-26)34-10-13-38-11-2-3-12-38/h4-9,14-17H,2-3,10-13H2,1H3,(H,36,39)(H,34,35,37). The number of carbonyl (C=O) groups excluding carboxylic acids is 1. The van der Waals surface area contributed by atoms with E-state index in [2.05, 4.69) is 25.5 Å². The number of rotatable bonds is 7. The highest BCUT2D eigenvalue weighted by Gasteiger charge is 2.33. The predicted molar refractivity (Wildman–Crippen MR) is 148 cm³/mol. The number of fused-ring (bicyclic) bond motifs is 1. The summed E-state index contributed by atoms with van der Waals surface area (Å²) < 4.78 is 39.6. The Morgan fingerprint density at radius 2 is 1.85 bits per heavy atom. The highest BCUT2D eigenvalue weighted by molar-refractivity contribution is 6.31. The third kappa shape index (κ3) is 6.32. The van der Waals surface area contributed by atoms with Gasteiger partial charge in [-0.2, -0.15) is 13.2 Å². The van der Waals surface area contributed by atoms with Gasteiger partial charge in [0.25, 0.3) is 5.91 Å². The lowest BCUT2D eigenvalue weighted by Gasteiger charge is -2.15. The highest BCUT2D eigenvalue weighted by atomic mass is 35.5. The molecule has 5 rings (SSSR count). The monoisotopic (exact) mass is 553 g/mol. The van der Waals surface area contributed by atoms with Crippen molar-refractivity contribution >= 4 is 40.0 Å². The minimum absolute atomic E-state index is 0.00606. The second-order valence-corrected chi connectivity index (χ2v) is 10.0. The number of hydrogen-bond acceptors (Lipinski definition) is 5. The zero-order chi connectivity index (χ0) is 27.6. The van der Waals surface area contributed by atoms with Gasteiger partial charge in [0.2, 0.25) is 5.95 Å². The van der Waals surface area contributed by atoms with E-state index in [0.29, 0.717) is 11.5 Å². The average Bonchev–Trinajstić information content (AvgIpc) is 3.43. The lowest BCUT2D eigenvalue weighted by molar-refractivity contribution is -0.137. The number of nitrogens with one attached hydrogen (secondary N) is 2. The fourth-order valence-corrected chi connectivity index (χ4v) is 4.94. The maximum atomic E-state index is 13.2. The second-order valence-electron chi connectivity index (χ2n) is 9.62. The Hall–Kier alpha value is -3.69. The Labute approximate surface area is 229 Å². The molecule has 0 aliphatic carbocycles. The number of aryl methyl sites for hydroxylation is 1. The SMILES string of the molecule is Cc1ccc(C(=O)Nc2ccc(Cl)c(C(F)(F)F)c2)cc1-c1ccc2nc(NCCN3CCCC3)ncc2c1. The molecular formula is C29H27ClF3N5O. The quantitative estimate of drug-likeness (QED) is 0.257. The lowest BCUT2D eigenvalue weighted by atomic mass is 9.97. The molecule has 1 aromatic heterocycles. The number of hydrogen-bond donors (Lipinski definition) is 2. The summed E-state index contributed by atoms with van der Waals surface area (Å²) in [6.45, 7) is 5.97. The van der Waals surface area contributed by atoms with E-state index in [9.17, 15) is 18.0 Å². The maximum absolute atomic E-state index is 13.2. The molecule has 0 radical (unpaired) electrons. The normalized spacial score (nSPS) is 14.1. The van der Waals surface area contributed by atoms with E-state index >= 15 is 0 Å². The number of amides is 1. The fraction of sp³-hybridized carbons (Fsp3) is 0.276. The van der Waals surface area contributed by atoms with Crippen molar-refractivity contribution in [2.75, 3.05) is 36.8 Å². The van der Waals surface area contributed by atoms with Crippen molar-refractivity contribution in [3.8, 4) is 11.1 Å². The maximum Gasteiger partial charge on any atom is 0.417 e. The van der Waals surface area contributed by atoms with Crippen LogP contribution in [-0.4, -0.2) is 47.0 Å². The van der Waals surface area contributed by atoms with Crippen molar-refractivity contribution in [1.29, 1.82) is 0 Å². The molecule has 2 heterocycles. The van der Waals surface area contributed by atoms with Crippen LogP contribution in [0, 0.1) is 6.92 Å². The van der Waals surface area contributed by atoms with E-state index in [1.54, 1.807) is 24.4 Å². The number of halogens is 4. The minimum Gasteiger partial charge on any atom is -0.353 e. The summed E-state index contributed by atoms with van der Waals surface area (Å²) in [4.78, 5) is 24.4. The van der Waals surface area contributed by atoms with E-state index < -0.39 is 22.7 Å². The smallest absolute Gasteiger partial charge is 0.353 e. The molecule has 3 aromatic carbocycles. The Kier molecular flexibility index (Phi) is 7.72. The van der Waals surface area contributed by atoms with Crippen LogP contribution < -0.4 is 10.6 Å². The van der Waals surface area contributed by atoms with Gasteiger partial charge >= 0.3 is 6.18 Å². The number of anilines is 2. The van der Waals surface area contributed by atoms with E-state index in [1.807, 2.05) is 25.1 Å². The molecule has 0 unspecified atom stereocenters.